The summed E-state index contributed by atoms with van der Waals surface area (Å²) in [5.74, 6) is -0.197. The molecular formula is C17H15N3O2. The van der Waals surface area contributed by atoms with Crippen LogP contribution in [0.4, 0.5) is 0 Å². The van der Waals surface area contributed by atoms with Crippen molar-refractivity contribution in [3.05, 3.63) is 53.7 Å². The summed E-state index contributed by atoms with van der Waals surface area (Å²) in [7, 11) is 1.49. The smallest absolute Gasteiger partial charge is 0.252 e. The highest BCUT2D eigenvalue weighted by atomic mass is 16.5. The number of hydrogen-bond acceptors (Lipinski definition) is 4. The quantitative estimate of drug-likeness (QED) is 0.805. The first-order valence-corrected chi connectivity index (χ1v) is 6.82. The maximum atomic E-state index is 11.5. The van der Waals surface area contributed by atoms with Crippen LogP contribution in [-0.4, -0.2) is 23.0 Å². The average molecular weight is 293 g/mol. The average Bonchev–Trinajstić information content (AvgIpc) is 2.53. The largest absolute Gasteiger partial charge is 0.494 e. The Balaban J connectivity index is 2.33. The number of rotatable bonds is 3. The fraction of sp³-hybridized carbons (Fsp3) is 0.118. The third-order valence-corrected chi connectivity index (χ3v) is 3.48. The number of primary amides is 1. The molecule has 0 aliphatic rings. The third kappa shape index (κ3) is 2.26. The lowest BCUT2D eigenvalue weighted by Gasteiger charge is -2.11. The molecule has 0 saturated carbocycles. The molecule has 22 heavy (non-hydrogen) atoms. The lowest BCUT2D eigenvalue weighted by atomic mass is 10.1. The van der Waals surface area contributed by atoms with Crippen LogP contribution in [0.3, 0.4) is 0 Å². The molecule has 0 fully saturated rings. The highest BCUT2D eigenvalue weighted by Crippen LogP contribution is 2.30. The molecule has 0 radical (unpaired) electrons. The second kappa shape index (κ2) is 5.44. The second-order valence-electron chi connectivity index (χ2n) is 4.90. The molecule has 0 aliphatic carbocycles. The predicted molar refractivity (Wildman–Crippen MR) is 84.8 cm³/mol. The van der Waals surface area contributed by atoms with Crippen LogP contribution in [-0.2, 0) is 0 Å². The molecule has 0 saturated heterocycles. The monoisotopic (exact) mass is 293 g/mol. The van der Waals surface area contributed by atoms with Crippen molar-refractivity contribution in [2.24, 2.45) is 5.73 Å². The Labute approximate surface area is 127 Å². The first kappa shape index (κ1) is 14.0. The number of amides is 1. The van der Waals surface area contributed by atoms with Gasteiger partial charge in [0.05, 0.1) is 29.6 Å². The van der Waals surface area contributed by atoms with Gasteiger partial charge >= 0.3 is 0 Å². The molecule has 0 unspecified atom stereocenters. The number of hydrogen-bond donors (Lipinski definition) is 1. The second-order valence-corrected chi connectivity index (χ2v) is 4.90. The maximum absolute atomic E-state index is 11.5. The van der Waals surface area contributed by atoms with Crippen molar-refractivity contribution >= 4 is 16.9 Å². The number of nitrogens with zero attached hydrogens (tertiary/aromatic N) is 2. The summed E-state index contributed by atoms with van der Waals surface area (Å²) in [6, 6.07) is 13.1. The molecule has 1 aromatic heterocycles. The van der Waals surface area contributed by atoms with E-state index in [9.17, 15) is 4.79 Å². The van der Waals surface area contributed by atoms with Crippen LogP contribution >= 0.6 is 0 Å². The minimum atomic E-state index is -0.553. The van der Waals surface area contributed by atoms with E-state index < -0.39 is 5.91 Å². The van der Waals surface area contributed by atoms with Gasteiger partial charge in [-0.2, -0.15) is 0 Å². The van der Waals surface area contributed by atoms with Gasteiger partial charge in [0.1, 0.15) is 5.52 Å². The van der Waals surface area contributed by atoms with Gasteiger partial charge in [-0.3, -0.25) is 4.79 Å². The van der Waals surface area contributed by atoms with E-state index >= 15 is 0 Å². The van der Waals surface area contributed by atoms with Gasteiger partial charge in [0.15, 0.2) is 5.75 Å². The van der Waals surface area contributed by atoms with Gasteiger partial charge in [0.2, 0.25) is 0 Å². The third-order valence-electron chi connectivity index (χ3n) is 3.48. The van der Waals surface area contributed by atoms with Crippen molar-refractivity contribution in [2.75, 3.05) is 7.11 Å². The summed E-state index contributed by atoms with van der Waals surface area (Å²) in [6.07, 6.45) is 0. The molecule has 1 amide bonds. The van der Waals surface area contributed by atoms with Gasteiger partial charge < -0.3 is 10.5 Å². The minimum Gasteiger partial charge on any atom is -0.494 e. The Bertz CT molecular complexity index is 861. The number of aryl methyl sites for hydroxylation is 1. The van der Waals surface area contributed by atoms with Crippen molar-refractivity contribution in [2.45, 2.75) is 6.92 Å². The van der Waals surface area contributed by atoms with E-state index in [1.54, 1.807) is 12.1 Å². The normalized spacial score (nSPS) is 10.6. The zero-order valence-corrected chi connectivity index (χ0v) is 12.3. The van der Waals surface area contributed by atoms with Crippen molar-refractivity contribution in [3.63, 3.8) is 0 Å². The van der Waals surface area contributed by atoms with E-state index in [0.29, 0.717) is 22.3 Å². The van der Waals surface area contributed by atoms with Crippen LogP contribution in [0.2, 0.25) is 0 Å². The van der Waals surface area contributed by atoms with Crippen molar-refractivity contribution in [3.8, 4) is 17.0 Å². The summed E-state index contributed by atoms with van der Waals surface area (Å²) < 4.78 is 5.35. The molecule has 0 bridgehead atoms. The molecule has 0 aliphatic heterocycles. The SMILES string of the molecule is COc1c(C(N)=O)ccc2nc(C)c(-c3ccccc3)nc12. The van der Waals surface area contributed by atoms with E-state index in [2.05, 4.69) is 9.97 Å². The highest BCUT2D eigenvalue weighted by Gasteiger charge is 2.16. The zero-order chi connectivity index (χ0) is 15.7. The Kier molecular flexibility index (Phi) is 3.47. The zero-order valence-electron chi connectivity index (χ0n) is 12.3. The van der Waals surface area contributed by atoms with Gasteiger partial charge in [0.25, 0.3) is 5.91 Å². The topological polar surface area (TPSA) is 78.1 Å². The van der Waals surface area contributed by atoms with Gasteiger partial charge in [0, 0.05) is 5.56 Å². The number of ether oxygens (including phenoxy) is 1. The number of benzene rings is 2. The number of carbonyl (C=O) groups is 1. The lowest BCUT2D eigenvalue weighted by Crippen LogP contribution is -2.13. The number of aromatic nitrogens is 2. The van der Waals surface area contributed by atoms with Crippen LogP contribution in [0.15, 0.2) is 42.5 Å². The lowest BCUT2D eigenvalue weighted by molar-refractivity contribution is 0.0997. The molecule has 110 valence electrons. The molecule has 2 aromatic carbocycles. The standard InChI is InChI=1S/C17H15N3O2/c1-10-14(11-6-4-3-5-7-11)20-15-13(19-10)9-8-12(17(18)21)16(15)22-2/h3-9H,1-2H3,(H2,18,21). The molecule has 5 heteroatoms. The first-order valence-electron chi connectivity index (χ1n) is 6.82. The van der Waals surface area contributed by atoms with Crippen LogP contribution in [0.5, 0.6) is 5.75 Å². The number of nitrogens with two attached hydrogens (primary N) is 1. The number of carbonyl (C=O) groups excluding carboxylic acids is 1. The van der Waals surface area contributed by atoms with E-state index in [0.717, 1.165) is 17.0 Å². The number of methoxy groups -OCH3 is 1. The molecule has 5 nitrogen and oxygen atoms in total. The van der Waals surface area contributed by atoms with Gasteiger partial charge in [-0.25, -0.2) is 9.97 Å². The predicted octanol–water partition coefficient (Wildman–Crippen LogP) is 2.71. The van der Waals surface area contributed by atoms with E-state index in [1.165, 1.54) is 7.11 Å². The Morgan fingerprint density at radius 1 is 1.09 bits per heavy atom. The highest BCUT2D eigenvalue weighted by molar-refractivity contribution is 6.01. The minimum absolute atomic E-state index is 0.298. The van der Waals surface area contributed by atoms with Crippen LogP contribution in [0, 0.1) is 6.92 Å². The molecule has 2 N–H and O–H groups in total. The molecule has 1 heterocycles. The maximum Gasteiger partial charge on any atom is 0.252 e. The molecular weight excluding hydrogens is 278 g/mol. The van der Waals surface area contributed by atoms with E-state index in [-0.39, 0.29) is 0 Å². The first-order chi connectivity index (χ1) is 10.6. The summed E-state index contributed by atoms with van der Waals surface area (Å²) in [5.41, 5.74) is 9.42. The van der Waals surface area contributed by atoms with Gasteiger partial charge in [-0.15, -0.1) is 0 Å². The Morgan fingerprint density at radius 3 is 2.45 bits per heavy atom. The summed E-state index contributed by atoms with van der Waals surface area (Å²) in [6.45, 7) is 1.91. The van der Waals surface area contributed by atoms with Gasteiger partial charge in [-0.1, -0.05) is 30.3 Å². The van der Waals surface area contributed by atoms with Gasteiger partial charge in [-0.05, 0) is 19.1 Å². The number of fused-ring (bicyclic) bond motifs is 1. The molecule has 0 spiro atoms. The van der Waals surface area contributed by atoms with Crippen LogP contribution < -0.4 is 10.5 Å². The summed E-state index contributed by atoms with van der Waals surface area (Å²) in [4.78, 5) is 20.8. The fourth-order valence-electron chi connectivity index (χ4n) is 2.46. The van der Waals surface area contributed by atoms with Crippen molar-refractivity contribution in [1.29, 1.82) is 0 Å². The molecule has 0 atom stereocenters. The van der Waals surface area contributed by atoms with E-state index in [1.807, 2.05) is 37.3 Å². The fourth-order valence-corrected chi connectivity index (χ4v) is 2.46. The van der Waals surface area contributed by atoms with Crippen molar-refractivity contribution < 1.29 is 9.53 Å². The molecule has 3 rings (SSSR count). The Hall–Kier alpha value is -2.95. The Morgan fingerprint density at radius 2 is 1.82 bits per heavy atom. The molecule has 3 aromatic rings. The van der Waals surface area contributed by atoms with Crippen molar-refractivity contribution in [1.82, 2.24) is 9.97 Å². The summed E-state index contributed by atoms with van der Waals surface area (Å²) in [5, 5.41) is 0. The van der Waals surface area contributed by atoms with Crippen LogP contribution in [0.1, 0.15) is 16.1 Å². The summed E-state index contributed by atoms with van der Waals surface area (Å²) >= 11 is 0. The van der Waals surface area contributed by atoms with Crippen LogP contribution in [0.25, 0.3) is 22.3 Å². The van der Waals surface area contributed by atoms with E-state index in [4.69, 9.17) is 10.5 Å².